The second-order valence-corrected chi connectivity index (χ2v) is 6.43. The van der Waals surface area contributed by atoms with Gasteiger partial charge in [-0.15, -0.1) is 17.5 Å². The minimum Gasteiger partial charge on any atom is -0.322 e. The molecule has 2 N–H and O–H groups in total. The molecule has 142 valence electrons. The molecule has 1 saturated heterocycles. The maximum atomic E-state index is 12.8. The summed E-state index contributed by atoms with van der Waals surface area (Å²) in [7, 11) is 1.83. The Kier molecular flexibility index (Phi) is 5.24. The van der Waals surface area contributed by atoms with Crippen molar-refractivity contribution < 1.29 is 14.4 Å². The van der Waals surface area contributed by atoms with Gasteiger partial charge in [0, 0.05) is 25.1 Å². The molecule has 1 aromatic carbocycles. The molecule has 2 aromatic rings. The summed E-state index contributed by atoms with van der Waals surface area (Å²) in [5, 5.41) is 13.5. The lowest BCUT2D eigenvalue weighted by Crippen LogP contribution is -2.52. The van der Waals surface area contributed by atoms with E-state index in [9.17, 15) is 14.4 Å². The SMILES string of the molecule is CNCc1cn(-c2ccc3c(c2)C(=O)N(C2CCC(=O)NC2=O)C3)nn1.Cl. The van der Waals surface area contributed by atoms with Crippen molar-refractivity contribution >= 4 is 30.1 Å². The number of imide groups is 1. The van der Waals surface area contributed by atoms with Crippen LogP contribution in [0.15, 0.2) is 24.4 Å². The predicted octanol–water partition coefficient (Wildman–Crippen LogP) is 0.169. The first-order valence-corrected chi connectivity index (χ1v) is 8.40. The highest BCUT2D eigenvalue weighted by Gasteiger charge is 2.39. The topological polar surface area (TPSA) is 109 Å². The fraction of sp³-hybridized carbons (Fsp3) is 0.353. The number of benzene rings is 1. The van der Waals surface area contributed by atoms with E-state index in [4.69, 9.17) is 0 Å². The Bertz CT molecular complexity index is 912. The number of carbonyl (C=O) groups is 3. The van der Waals surface area contributed by atoms with Crippen molar-refractivity contribution in [3.8, 4) is 5.69 Å². The Morgan fingerprint density at radius 1 is 1.30 bits per heavy atom. The molecule has 10 heteroatoms. The second-order valence-electron chi connectivity index (χ2n) is 6.43. The van der Waals surface area contributed by atoms with Crippen LogP contribution in [0.25, 0.3) is 5.69 Å². The fourth-order valence-corrected chi connectivity index (χ4v) is 3.37. The lowest BCUT2D eigenvalue weighted by atomic mass is 10.0. The molecule has 3 heterocycles. The zero-order valence-electron chi connectivity index (χ0n) is 14.6. The van der Waals surface area contributed by atoms with Crippen molar-refractivity contribution in [2.45, 2.75) is 32.0 Å². The molecule has 1 fully saturated rings. The number of halogens is 1. The van der Waals surface area contributed by atoms with E-state index in [0.29, 0.717) is 25.1 Å². The van der Waals surface area contributed by atoms with Crippen LogP contribution in [0.5, 0.6) is 0 Å². The number of fused-ring (bicyclic) bond motifs is 1. The minimum absolute atomic E-state index is 0. The number of carbonyl (C=O) groups excluding carboxylic acids is 3. The fourth-order valence-electron chi connectivity index (χ4n) is 3.37. The van der Waals surface area contributed by atoms with Gasteiger partial charge >= 0.3 is 0 Å². The van der Waals surface area contributed by atoms with Crippen molar-refractivity contribution in [1.29, 1.82) is 0 Å². The van der Waals surface area contributed by atoms with Crippen molar-refractivity contribution in [3.05, 3.63) is 41.2 Å². The molecule has 1 atom stereocenters. The van der Waals surface area contributed by atoms with Crippen LogP contribution in [0.1, 0.15) is 34.5 Å². The summed E-state index contributed by atoms with van der Waals surface area (Å²) in [6, 6.07) is 4.90. The van der Waals surface area contributed by atoms with Gasteiger partial charge < -0.3 is 10.2 Å². The molecule has 0 bridgehead atoms. The quantitative estimate of drug-likeness (QED) is 0.720. The number of nitrogens with zero attached hydrogens (tertiary/aromatic N) is 4. The third kappa shape index (κ3) is 3.43. The van der Waals surface area contributed by atoms with Crippen molar-refractivity contribution in [1.82, 2.24) is 30.5 Å². The van der Waals surface area contributed by atoms with Gasteiger partial charge in [-0.3, -0.25) is 19.7 Å². The molecule has 1 unspecified atom stereocenters. The van der Waals surface area contributed by atoms with Gasteiger partial charge in [0.25, 0.3) is 5.91 Å². The number of amides is 3. The zero-order valence-corrected chi connectivity index (χ0v) is 15.5. The van der Waals surface area contributed by atoms with Crippen molar-refractivity contribution in [3.63, 3.8) is 0 Å². The Balaban J connectivity index is 0.00000210. The smallest absolute Gasteiger partial charge is 0.255 e. The van der Waals surface area contributed by atoms with Crippen LogP contribution < -0.4 is 10.6 Å². The number of piperidine rings is 1. The van der Waals surface area contributed by atoms with Gasteiger partial charge in [-0.1, -0.05) is 11.3 Å². The second kappa shape index (κ2) is 7.45. The minimum atomic E-state index is -0.607. The van der Waals surface area contributed by atoms with Gasteiger partial charge in [-0.05, 0) is 31.2 Å². The number of hydrogen-bond donors (Lipinski definition) is 2. The summed E-state index contributed by atoms with van der Waals surface area (Å²) in [5.41, 5.74) is 2.94. The lowest BCUT2D eigenvalue weighted by molar-refractivity contribution is -0.136. The molecule has 1 aromatic heterocycles. The highest BCUT2D eigenvalue weighted by Crippen LogP contribution is 2.28. The van der Waals surface area contributed by atoms with Crippen LogP contribution in [0.4, 0.5) is 0 Å². The van der Waals surface area contributed by atoms with Crippen molar-refractivity contribution in [2.24, 2.45) is 0 Å². The van der Waals surface area contributed by atoms with E-state index in [2.05, 4.69) is 20.9 Å². The van der Waals surface area contributed by atoms with E-state index in [0.717, 1.165) is 16.9 Å². The van der Waals surface area contributed by atoms with E-state index in [-0.39, 0.29) is 30.6 Å². The van der Waals surface area contributed by atoms with Gasteiger partial charge in [0.1, 0.15) is 6.04 Å². The summed E-state index contributed by atoms with van der Waals surface area (Å²) in [4.78, 5) is 37.8. The molecule has 2 aliphatic rings. The summed E-state index contributed by atoms with van der Waals surface area (Å²) in [6.07, 6.45) is 2.40. The van der Waals surface area contributed by atoms with E-state index >= 15 is 0 Å². The van der Waals surface area contributed by atoms with Crippen LogP contribution in [0.2, 0.25) is 0 Å². The third-order valence-electron chi connectivity index (χ3n) is 4.68. The highest BCUT2D eigenvalue weighted by atomic mass is 35.5. The number of nitrogens with one attached hydrogen (secondary N) is 2. The first-order chi connectivity index (χ1) is 12.6. The number of aromatic nitrogens is 3. The largest absolute Gasteiger partial charge is 0.322 e. The van der Waals surface area contributed by atoms with E-state index in [1.54, 1.807) is 16.9 Å². The van der Waals surface area contributed by atoms with Crippen LogP contribution in [-0.2, 0) is 22.7 Å². The van der Waals surface area contributed by atoms with Crippen LogP contribution >= 0.6 is 12.4 Å². The molecular weight excluding hydrogens is 372 g/mol. The van der Waals surface area contributed by atoms with Gasteiger partial charge in [-0.25, -0.2) is 4.68 Å². The first kappa shape index (κ1) is 19.0. The Hall–Kier alpha value is -2.78. The van der Waals surface area contributed by atoms with Crippen LogP contribution in [0.3, 0.4) is 0 Å². The molecule has 27 heavy (non-hydrogen) atoms. The van der Waals surface area contributed by atoms with Crippen LogP contribution in [-0.4, -0.2) is 50.7 Å². The predicted molar refractivity (Wildman–Crippen MR) is 97.4 cm³/mol. The van der Waals surface area contributed by atoms with E-state index in [1.807, 2.05) is 19.2 Å². The average Bonchev–Trinajstić information content (AvgIpc) is 3.20. The third-order valence-corrected chi connectivity index (χ3v) is 4.68. The molecular formula is C17H19ClN6O3. The van der Waals surface area contributed by atoms with E-state index < -0.39 is 11.9 Å². The molecule has 9 nitrogen and oxygen atoms in total. The van der Waals surface area contributed by atoms with E-state index in [1.165, 1.54) is 4.90 Å². The molecule has 0 saturated carbocycles. The summed E-state index contributed by atoms with van der Waals surface area (Å²) < 4.78 is 1.62. The first-order valence-electron chi connectivity index (χ1n) is 8.40. The van der Waals surface area contributed by atoms with Gasteiger partial charge in [0.2, 0.25) is 11.8 Å². The summed E-state index contributed by atoms with van der Waals surface area (Å²) in [5.74, 6) is -0.899. The van der Waals surface area contributed by atoms with Gasteiger partial charge in [0.15, 0.2) is 0 Å². The lowest BCUT2D eigenvalue weighted by Gasteiger charge is -2.29. The molecule has 2 aliphatic heterocycles. The summed E-state index contributed by atoms with van der Waals surface area (Å²) >= 11 is 0. The monoisotopic (exact) mass is 390 g/mol. The zero-order chi connectivity index (χ0) is 18.3. The standard InChI is InChI=1S/C17H18N6O3.ClH/c1-18-7-11-9-23(21-20-11)12-3-2-10-8-22(17(26)13(10)6-12)14-4-5-15(24)19-16(14)25;/h2-3,6,9,14,18H,4-5,7-8H2,1H3,(H,19,24,25);1H. The molecule has 3 amide bonds. The average molecular weight is 391 g/mol. The molecule has 0 spiro atoms. The highest BCUT2D eigenvalue weighted by molar-refractivity contribution is 6.05. The van der Waals surface area contributed by atoms with Gasteiger partial charge in [-0.2, -0.15) is 0 Å². The maximum Gasteiger partial charge on any atom is 0.255 e. The Morgan fingerprint density at radius 2 is 2.11 bits per heavy atom. The molecule has 0 radical (unpaired) electrons. The number of hydrogen-bond acceptors (Lipinski definition) is 6. The van der Waals surface area contributed by atoms with Crippen LogP contribution in [0, 0.1) is 0 Å². The van der Waals surface area contributed by atoms with Crippen molar-refractivity contribution in [2.75, 3.05) is 7.05 Å². The molecule has 4 rings (SSSR count). The maximum absolute atomic E-state index is 12.8. The number of rotatable bonds is 4. The Morgan fingerprint density at radius 3 is 2.85 bits per heavy atom. The normalized spacial score (nSPS) is 18.9. The Labute approximate surface area is 161 Å². The molecule has 0 aliphatic carbocycles. The summed E-state index contributed by atoms with van der Waals surface area (Å²) in [6.45, 7) is 0.968. The van der Waals surface area contributed by atoms with Gasteiger partial charge in [0.05, 0.1) is 17.6 Å².